The molecule has 2 aliphatic heterocycles. The molecule has 7 rings (SSSR count). The number of hydrogen-bond donors (Lipinski definition) is 0. The molecule has 2 amide bonds. The minimum atomic E-state index is -0.0314. The zero-order valence-electron chi connectivity index (χ0n) is 33.3. The van der Waals surface area contributed by atoms with Crippen LogP contribution in [-0.2, 0) is 9.59 Å². The second-order valence-electron chi connectivity index (χ2n) is 15.1. The van der Waals surface area contributed by atoms with Gasteiger partial charge in [0.2, 0.25) is 0 Å². The molecule has 0 bridgehead atoms. The summed E-state index contributed by atoms with van der Waals surface area (Å²) in [5, 5.41) is 2.05. The molecule has 5 aromatic rings. The van der Waals surface area contributed by atoms with E-state index in [4.69, 9.17) is 0 Å². The summed E-state index contributed by atoms with van der Waals surface area (Å²) in [6, 6.07) is 33.8. The third kappa shape index (κ3) is 8.82. The van der Waals surface area contributed by atoms with Crippen LogP contribution in [0.2, 0.25) is 0 Å². The molecule has 2 aliphatic rings. The molecule has 0 fully saturated rings. The van der Waals surface area contributed by atoms with Gasteiger partial charge in [0.05, 0.1) is 32.3 Å². The van der Waals surface area contributed by atoms with Crippen molar-refractivity contribution in [1.82, 2.24) is 9.80 Å². The van der Waals surface area contributed by atoms with Crippen molar-refractivity contribution in [3.63, 3.8) is 0 Å². The fourth-order valence-electron chi connectivity index (χ4n) is 8.04. The van der Waals surface area contributed by atoms with E-state index in [1.54, 1.807) is 22.7 Å². The van der Waals surface area contributed by atoms with Gasteiger partial charge in [-0.15, -0.1) is 22.7 Å². The molecule has 4 heterocycles. The molecular formula is C48H51Br2N3O2S2. The molecule has 0 aliphatic carbocycles. The normalized spacial score (nSPS) is 15.3. The van der Waals surface area contributed by atoms with Crippen molar-refractivity contribution in [2.45, 2.75) is 79.1 Å². The molecule has 0 spiro atoms. The van der Waals surface area contributed by atoms with Crippen LogP contribution in [0.15, 0.2) is 123 Å². The molecule has 2 atom stereocenters. The number of carbonyl (C=O) groups is 2. The minimum Gasteiger partial charge on any atom is -0.311 e. The molecule has 2 aromatic heterocycles. The van der Waals surface area contributed by atoms with Gasteiger partial charge in [-0.25, -0.2) is 0 Å². The van der Waals surface area contributed by atoms with Crippen molar-refractivity contribution in [1.29, 1.82) is 0 Å². The van der Waals surface area contributed by atoms with Crippen LogP contribution < -0.4 is 4.90 Å². The van der Waals surface area contributed by atoms with Crippen LogP contribution in [0.4, 0.5) is 17.1 Å². The van der Waals surface area contributed by atoms with Gasteiger partial charge in [-0.2, -0.15) is 0 Å². The van der Waals surface area contributed by atoms with E-state index in [2.05, 4.69) is 155 Å². The number of fused-ring (bicyclic) bond motifs is 1. The highest BCUT2D eigenvalue weighted by Gasteiger charge is 2.50. The van der Waals surface area contributed by atoms with Gasteiger partial charge in [0, 0.05) is 44.0 Å². The number of rotatable bonds is 18. The Balaban J connectivity index is 1.29. The second kappa shape index (κ2) is 18.9. The van der Waals surface area contributed by atoms with Gasteiger partial charge >= 0.3 is 0 Å². The lowest BCUT2D eigenvalue weighted by Gasteiger charge is -2.29. The highest BCUT2D eigenvalue weighted by atomic mass is 79.9. The van der Waals surface area contributed by atoms with E-state index in [9.17, 15) is 9.59 Å². The van der Waals surface area contributed by atoms with Crippen LogP contribution in [0.25, 0.3) is 21.8 Å². The van der Waals surface area contributed by atoms with Crippen LogP contribution in [-0.4, -0.2) is 34.7 Å². The maximum absolute atomic E-state index is 14.9. The summed E-state index contributed by atoms with van der Waals surface area (Å²) in [4.78, 5) is 39.1. The van der Waals surface area contributed by atoms with Crippen LogP contribution in [0.1, 0.15) is 88.8 Å². The van der Waals surface area contributed by atoms with E-state index < -0.39 is 0 Å². The molecule has 5 nitrogen and oxygen atoms in total. The van der Waals surface area contributed by atoms with Gasteiger partial charge in [-0.1, -0.05) is 116 Å². The summed E-state index contributed by atoms with van der Waals surface area (Å²) in [6.07, 6.45) is 8.61. The summed E-state index contributed by atoms with van der Waals surface area (Å²) in [5.41, 5.74) is 7.04. The lowest BCUT2D eigenvalue weighted by atomic mass is 9.98. The van der Waals surface area contributed by atoms with Gasteiger partial charge in [0.25, 0.3) is 11.8 Å². The van der Waals surface area contributed by atoms with Crippen molar-refractivity contribution in [2.24, 2.45) is 11.8 Å². The molecule has 57 heavy (non-hydrogen) atoms. The van der Waals surface area contributed by atoms with Crippen LogP contribution in [0.5, 0.6) is 0 Å². The second-order valence-corrected chi connectivity index (χ2v) is 19.0. The Morgan fingerprint density at radius 2 is 1.04 bits per heavy atom. The molecule has 0 saturated heterocycles. The van der Waals surface area contributed by atoms with Crippen molar-refractivity contribution < 1.29 is 9.59 Å². The lowest BCUT2D eigenvalue weighted by molar-refractivity contribution is -0.124. The number of amides is 2. The number of anilines is 3. The Hall–Kier alpha value is -3.76. The predicted octanol–water partition coefficient (Wildman–Crippen LogP) is 14.7. The monoisotopic (exact) mass is 923 g/mol. The highest BCUT2D eigenvalue weighted by Crippen LogP contribution is 2.50. The van der Waals surface area contributed by atoms with E-state index in [0.717, 1.165) is 109 Å². The largest absolute Gasteiger partial charge is 0.311 e. The van der Waals surface area contributed by atoms with E-state index in [1.165, 1.54) is 0 Å². The Morgan fingerprint density at radius 1 is 0.579 bits per heavy atom. The number of unbranched alkanes of at least 4 members (excludes halogenated alkanes) is 2. The molecule has 0 saturated carbocycles. The van der Waals surface area contributed by atoms with E-state index in [0.29, 0.717) is 36.1 Å². The Kier molecular flexibility index (Phi) is 13.7. The first-order valence-electron chi connectivity index (χ1n) is 20.4. The Labute approximate surface area is 363 Å². The third-order valence-electron chi connectivity index (χ3n) is 11.3. The number of hydrogen-bond acceptors (Lipinski definition) is 5. The average molecular weight is 926 g/mol. The Bertz CT molecular complexity index is 2180. The first kappa shape index (κ1) is 41.4. The van der Waals surface area contributed by atoms with Crippen molar-refractivity contribution in [3.8, 4) is 10.4 Å². The van der Waals surface area contributed by atoms with Gasteiger partial charge in [0.1, 0.15) is 0 Å². The standard InChI is InChI=1S/C48H51Br2N3O2S2/c1-5-9-12-32(7-3)30-51-45(41-14-11-29-56-41)43-44(48(51)55)46(52(47(43)54)31-33(8-4)13-10-6-2)42-28-27-40(57-42)34-15-21-37(22-16-34)53(38-23-17-35(49)18-24-38)39-25-19-36(50)20-26-39/h11,14-29,32-33H,5-10,12-13,30-31H2,1-4H3. The minimum absolute atomic E-state index is 0.0314. The first-order chi connectivity index (χ1) is 27.8. The number of thiophene rings is 2. The lowest BCUT2D eigenvalue weighted by Crippen LogP contribution is -2.34. The SMILES string of the molecule is CCCCC(CC)CN1C(=O)C2=C(c3ccc(-c4ccc(N(c5ccc(Br)cc5)c5ccc(Br)cc5)cc4)s3)N(CC(CC)CCCC)C(=O)C2=C1c1cccs1. The van der Waals surface area contributed by atoms with Crippen molar-refractivity contribution >= 4 is 94.8 Å². The summed E-state index contributed by atoms with van der Waals surface area (Å²) < 4.78 is 2.06. The Morgan fingerprint density at radius 3 is 1.47 bits per heavy atom. The maximum Gasteiger partial charge on any atom is 0.261 e. The zero-order valence-corrected chi connectivity index (χ0v) is 38.1. The first-order valence-corrected chi connectivity index (χ1v) is 23.7. The summed E-state index contributed by atoms with van der Waals surface area (Å²) in [6.45, 7) is 10.1. The van der Waals surface area contributed by atoms with Gasteiger partial charge in [-0.05, 0) is 114 Å². The molecule has 0 N–H and O–H groups in total. The summed E-state index contributed by atoms with van der Waals surface area (Å²) in [7, 11) is 0. The number of carbonyl (C=O) groups excluding carboxylic acids is 2. The van der Waals surface area contributed by atoms with Crippen LogP contribution in [0, 0.1) is 11.8 Å². The van der Waals surface area contributed by atoms with Gasteiger partial charge in [-0.3, -0.25) is 9.59 Å². The number of nitrogens with zero attached hydrogens (tertiary/aromatic N) is 3. The fraction of sp³-hybridized carbons (Fsp3) is 0.333. The molecule has 9 heteroatoms. The van der Waals surface area contributed by atoms with Gasteiger partial charge < -0.3 is 14.7 Å². The number of benzene rings is 3. The molecule has 2 unspecified atom stereocenters. The third-order valence-corrected chi connectivity index (χ3v) is 14.4. The van der Waals surface area contributed by atoms with Crippen molar-refractivity contribution in [3.05, 3.63) is 132 Å². The smallest absolute Gasteiger partial charge is 0.261 e. The van der Waals surface area contributed by atoms with Crippen LogP contribution in [0.3, 0.4) is 0 Å². The molecule has 296 valence electrons. The zero-order chi connectivity index (χ0) is 40.1. The number of halogens is 2. The topological polar surface area (TPSA) is 43.9 Å². The highest BCUT2D eigenvalue weighted by molar-refractivity contribution is 9.10. The quantitative estimate of drug-likeness (QED) is 0.0879. The summed E-state index contributed by atoms with van der Waals surface area (Å²) in [5.74, 6) is 0.661. The molecule has 0 radical (unpaired) electrons. The molecule has 3 aromatic carbocycles. The fourth-order valence-corrected chi connectivity index (χ4v) is 10.4. The van der Waals surface area contributed by atoms with E-state index in [-0.39, 0.29) is 11.8 Å². The van der Waals surface area contributed by atoms with Crippen molar-refractivity contribution in [2.75, 3.05) is 18.0 Å². The van der Waals surface area contributed by atoms with E-state index >= 15 is 0 Å². The molecular weight excluding hydrogens is 874 g/mol. The van der Waals surface area contributed by atoms with Gasteiger partial charge in [0.15, 0.2) is 0 Å². The maximum atomic E-state index is 14.9. The summed E-state index contributed by atoms with van der Waals surface area (Å²) >= 11 is 10.5. The average Bonchev–Trinajstić information content (AvgIpc) is 4.04. The van der Waals surface area contributed by atoms with E-state index in [1.807, 2.05) is 21.2 Å². The van der Waals surface area contributed by atoms with Crippen LogP contribution >= 0.6 is 54.5 Å². The predicted molar refractivity (Wildman–Crippen MR) is 248 cm³/mol.